The average molecular weight is 342 g/mol. The van der Waals surface area contributed by atoms with Crippen LogP contribution in [-0.4, -0.2) is 11.1 Å². The number of aromatic carboxylic acids is 1. The van der Waals surface area contributed by atoms with Crippen LogP contribution >= 0.6 is 15.9 Å². The zero-order chi connectivity index (χ0) is 14.7. The molecule has 2 N–H and O–H groups in total. The van der Waals surface area contributed by atoms with E-state index in [1.54, 1.807) is 6.07 Å². The number of hydrogen-bond donors (Lipinski definition) is 2. The molecule has 0 atom stereocenters. The molecule has 104 valence electrons. The van der Waals surface area contributed by atoms with Gasteiger partial charge in [0.15, 0.2) is 0 Å². The third-order valence-corrected chi connectivity index (χ3v) is 3.43. The highest BCUT2D eigenvalue weighted by Gasteiger charge is 2.10. The van der Waals surface area contributed by atoms with E-state index in [1.807, 2.05) is 0 Å². The van der Waals surface area contributed by atoms with E-state index in [0.29, 0.717) is 16.7 Å². The van der Waals surface area contributed by atoms with Crippen LogP contribution < -0.4 is 5.32 Å². The molecule has 0 aliphatic carbocycles. The van der Waals surface area contributed by atoms with Gasteiger partial charge < -0.3 is 10.4 Å². The number of carboxylic acids is 1. The van der Waals surface area contributed by atoms with Gasteiger partial charge in [0.25, 0.3) is 0 Å². The second-order valence-corrected chi connectivity index (χ2v) is 4.94. The topological polar surface area (TPSA) is 49.3 Å². The van der Waals surface area contributed by atoms with E-state index >= 15 is 0 Å². The van der Waals surface area contributed by atoms with Crippen LogP contribution in [0.5, 0.6) is 0 Å². The van der Waals surface area contributed by atoms with Crippen molar-refractivity contribution in [1.82, 2.24) is 0 Å². The van der Waals surface area contributed by atoms with E-state index in [-0.39, 0.29) is 5.82 Å². The summed E-state index contributed by atoms with van der Waals surface area (Å²) in [4.78, 5) is 10.8. The minimum Gasteiger partial charge on any atom is -0.478 e. The summed E-state index contributed by atoms with van der Waals surface area (Å²) in [7, 11) is 0. The van der Waals surface area contributed by atoms with Gasteiger partial charge in [0.2, 0.25) is 0 Å². The molecule has 0 radical (unpaired) electrons. The molecule has 0 aliphatic rings. The van der Waals surface area contributed by atoms with Crippen LogP contribution in [0.2, 0.25) is 0 Å². The molecule has 3 nitrogen and oxygen atoms in total. The van der Waals surface area contributed by atoms with Gasteiger partial charge in [-0.1, -0.05) is 22.0 Å². The van der Waals surface area contributed by atoms with E-state index in [1.165, 1.54) is 24.3 Å². The molecule has 0 aromatic heterocycles. The van der Waals surface area contributed by atoms with Gasteiger partial charge in [0.1, 0.15) is 11.6 Å². The Hall–Kier alpha value is -1.95. The third kappa shape index (κ3) is 3.33. The minimum absolute atomic E-state index is 0.351. The summed E-state index contributed by atoms with van der Waals surface area (Å²) >= 11 is 3.24. The van der Waals surface area contributed by atoms with E-state index in [2.05, 4.69) is 21.2 Å². The standard InChI is InChI=1S/C14H10BrF2NO2/c15-12-5-9(16)2-1-8(12)7-18-10-3-4-13(17)11(6-10)14(19)20/h1-6,18H,7H2,(H,19,20). The van der Waals surface area contributed by atoms with Gasteiger partial charge >= 0.3 is 5.97 Å². The van der Waals surface area contributed by atoms with Crippen molar-refractivity contribution in [2.45, 2.75) is 6.54 Å². The van der Waals surface area contributed by atoms with Crippen LogP contribution in [0, 0.1) is 11.6 Å². The van der Waals surface area contributed by atoms with Crippen molar-refractivity contribution in [2.24, 2.45) is 0 Å². The second-order valence-electron chi connectivity index (χ2n) is 4.09. The highest BCUT2D eigenvalue weighted by atomic mass is 79.9. The number of carboxylic acid groups (broad SMARTS) is 1. The second kappa shape index (κ2) is 6.00. The lowest BCUT2D eigenvalue weighted by Gasteiger charge is -2.09. The Bertz CT molecular complexity index is 662. The van der Waals surface area contributed by atoms with Crippen LogP contribution in [0.15, 0.2) is 40.9 Å². The van der Waals surface area contributed by atoms with E-state index in [4.69, 9.17) is 5.11 Å². The average Bonchev–Trinajstić information content (AvgIpc) is 2.39. The molecule has 0 fully saturated rings. The minimum atomic E-state index is -1.32. The zero-order valence-electron chi connectivity index (χ0n) is 10.2. The Morgan fingerprint density at radius 2 is 1.95 bits per heavy atom. The van der Waals surface area contributed by atoms with Crippen molar-refractivity contribution in [2.75, 3.05) is 5.32 Å². The fraction of sp³-hybridized carbons (Fsp3) is 0.0714. The summed E-state index contributed by atoms with van der Waals surface area (Å²) < 4.78 is 26.8. The number of rotatable bonds is 4. The predicted octanol–water partition coefficient (Wildman–Crippen LogP) is 4.04. The SMILES string of the molecule is O=C(O)c1cc(NCc2ccc(F)cc2Br)ccc1F. The molecule has 6 heteroatoms. The van der Waals surface area contributed by atoms with Crippen molar-refractivity contribution >= 4 is 27.6 Å². The zero-order valence-corrected chi connectivity index (χ0v) is 11.7. The molecule has 2 aromatic carbocycles. The fourth-order valence-corrected chi connectivity index (χ4v) is 2.15. The molecule has 0 heterocycles. The molecular weight excluding hydrogens is 332 g/mol. The molecule has 0 aliphatic heterocycles. The number of nitrogens with one attached hydrogen (secondary N) is 1. The number of benzene rings is 2. The summed E-state index contributed by atoms with van der Waals surface area (Å²) in [5.41, 5.74) is 0.876. The molecule has 0 spiro atoms. The lowest BCUT2D eigenvalue weighted by Crippen LogP contribution is -2.04. The first-order valence-electron chi connectivity index (χ1n) is 5.68. The number of carbonyl (C=O) groups is 1. The lowest BCUT2D eigenvalue weighted by molar-refractivity contribution is 0.0692. The molecule has 0 saturated heterocycles. The van der Waals surface area contributed by atoms with Gasteiger partial charge in [0, 0.05) is 16.7 Å². The molecule has 2 aromatic rings. The summed E-state index contributed by atoms with van der Waals surface area (Å²) in [6.07, 6.45) is 0. The first kappa shape index (κ1) is 14.5. The lowest BCUT2D eigenvalue weighted by atomic mass is 10.1. The Morgan fingerprint density at radius 1 is 1.20 bits per heavy atom. The van der Waals surface area contributed by atoms with E-state index in [9.17, 15) is 13.6 Å². The molecule has 2 rings (SSSR count). The maximum atomic E-state index is 13.2. The monoisotopic (exact) mass is 341 g/mol. The highest BCUT2D eigenvalue weighted by Crippen LogP contribution is 2.20. The van der Waals surface area contributed by atoms with E-state index in [0.717, 1.165) is 11.6 Å². The third-order valence-electron chi connectivity index (χ3n) is 2.69. The quantitative estimate of drug-likeness (QED) is 0.882. The van der Waals surface area contributed by atoms with Crippen LogP contribution in [-0.2, 0) is 6.54 Å². The van der Waals surface area contributed by atoms with Crippen LogP contribution in [0.3, 0.4) is 0 Å². The maximum Gasteiger partial charge on any atom is 0.338 e. The predicted molar refractivity (Wildman–Crippen MR) is 74.8 cm³/mol. The van der Waals surface area contributed by atoms with Crippen molar-refractivity contribution in [3.05, 3.63) is 63.6 Å². The first-order chi connectivity index (χ1) is 9.47. The van der Waals surface area contributed by atoms with Crippen molar-refractivity contribution < 1.29 is 18.7 Å². The number of halogens is 3. The van der Waals surface area contributed by atoms with Gasteiger partial charge in [-0.05, 0) is 35.9 Å². The normalized spacial score (nSPS) is 10.3. The van der Waals surface area contributed by atoms with Crippen LogP contribution in [0.25, 0.3) is 0 Å². The largest absolute Gasteiger partial charge is 0.478 e. The molecule has 0 bridgehead atoms. The van der Waals surface area contributed by atoms with Gasteiger partial charge in [-0.25, -0.2) is 13.6 Å². The Morgan fingerprint density at radius 3 is 2.60 bits per heavy atom. The fourth-order valence-electron chi connectivity index (χ4n) is 1.66. The molecule has 20 heavy (non-hydrogen) atoms. The summed E-state index contributed by atoms with van der Waals surface area (Å²) in [6.45, 7) is 0.353. The van der Waals surface area contributed by atoms with E-state index < -0.39 is 17.3 Å². The summed E-state index contributed by atoms with van der Waals surface area (Å²) in [6, 6.07) is 8.02. The molecule has 0 unspecified atom stereocenters. The van der Waals surface area contributed by atoms with Gasteiger partial charge in [0.05, 0.1) is 5.56 Å². The highest BCUT2D eigenvalue weighted by molar-refractivity contribution is 9.10. The summed E-state index contributed by atoms with van der Waals surface area (Å²) in [5, 5.41) is 11.8. The van der Waals surface area contributed by atoms with Gasteiger partial charge in [-0.3, -0.25) is 0 Å². The first-order valence-corrected chi connectivity index (χ1v) is 6.47. The molecular formula is C14H10BrF2NO2. The molecule has 0 saturated carbocycles. The Balaban J connectivity index is 2.15. The smallest absolute Gasteiger partial charge is 0.338 e. The number of hydrogen-bond acceptors (Lipinski definition) is 2. The van der Waals surface area contributed by atoms with Gasteiger partial charge in [-0.15, -0.1) is 0 Å². The van der Waals surface area contributed by atoms with Crippen molar-refractivity contribution in [3.63, 3.8) is 0 Å². The van der Waals surface area contributed by atoms with Crippen molar-refractivity contribution in [1.29, 1.82) is 0 Å². The summed E-state index contributed by atoms with van der Waals surface area (Å²) in [5.74, 6) is -2.46. The van der Waals surface area contributed by atoms with Crippen LogP contribution in [0.4, 0.5) is 14.5 Å². The van der Waals surface area contributed by atoms with Crippen LogP contribution in [0.1, 0.15) is 15.9 Å². The van der Waals surface area contributed by atoms with Crippen molar-refractivity contribution in [3.8, 4) is 0 Å². The maximum absolute atomic E-state index is 13.2. The van der Waals surface area contributed by atoms with Gasteiger partial charge in [-0.2, -0.15) is 0 Å². The Kier molecular flexibility index (Phi) is 4.34. The molecule has 0 amide bonds. The number of anilines is 1. The Labute approximate surface area is 122 Å².